The molecule has 2 N–H and O–H groups in total. The van der Waals surface area contributed by atoms with E-state index in [4.69, 9.17) is 10.3 Å². The molecule has 0 saturated heterocycles. The van der Waals surface area contributed by atoms with Gasteiger partial charge in [0, 0.05) is 4.74 Å². The maximum atomic E-state index is 8.80. The van der Waals surface area contributed by atoms with Crippen LogP contribution in [0.15, 0.2) is 0 Å². The number of rotatable bonds is 1. The topological polar surface area (TPSA) is 43.5 Å². The third-order valence-electron chi connectivity index (χ3n) is 0.848. The van der Waals surface area contributed by atoms with Crippen LogP contribution in [-0.2, 0) is 0 Å². The fraction of sp³-hybridized carbons (Fsp3) is 0.800. The first-order valence-electron chi connectivity index (χ1n) is 2.54. The molecule has 0 unspecified atom stereocenters. The molecule has 0 aliphatic heterocycles. The summed E-state index contributed by atoms with van der Waals surface area (Å²) in [5, 5.41) is 17.3. The van der Waals surface area contributed by atoms with Gasteiger partial charge in [0.2, 0.25) is 0 Å². The Morgan fingerprint density at radius 1 is 1.50 bits per heavy atom. The van der Waals surface area contributed by atoms with Crippen LogP contribution in [0.3, 0.4) is 0 Å². The van der Waals surface area contributed by atoms with Gasteiger partial charge in [-0.3, -0.25) is 5.21 Å². The second-order valence-corrected chi connectivity index (χ2v) is 2.04. The molecule has 0 atom stereocenters. The number of aliphatic hydroxyl groups excluding tert-OH is 1. The minimum atomic E-state index is -0.00926. The Balaban J connectivity index is 4.00. The largest absolute Gasteiger partial charge is 0.460 e. The highest BCUT2D eigenvalue weighted by Crippen LogP contribution is 1.90. The van der Waals surface area contributed by atoms with Crippen LogP contribution in [0.25, 0.3) is 0 Å². The van der Waals surface area contributed by atoms with Crippen LogP contribution >= 0.6 is 0 Å². The summed E-state index contributed by atoms with van der Waals surface area (Å²) < 4.78 is 0.713. The van der Waals surface area contributed by atoms with Crippen molar-refractivity contribution in [3.8, 4) is 0 Å². The lowest BCUT2D eigenvalue weighted by molar-refractivity contribution is -0.760. The van der Waals surface area contributed by atoms with Crippen LogP contribution in [0.1, 0.15) is 13.8 Å². The molecule has 0 radical (unpaired) electrons. The molecule has 0 spiro atoms. The lowest BCUT2D eigenvalue weighted by atomic mass is 10.2. The molecule has 0 saturated carbocycles. The summed E-state index contributed by atoms with van der Waals surface area (Å²) in [5.41, 5.74) is 0. The Morgan fingerprint density at radius 3 is 1.88 bits per heavy atom. The Hall–Kier alpha value is -0.730. The number of nitrogens with zero attached hydrogens (tertiary/aromatic N) is 1. The summed E-state index contributed by atoms with van der Waals surface area (Å²) in [6, 6.07) is 0. The minimum absolute atomic E-state index is 0.00926. The van der Waals surface area contributed by atoms with E-state index in [1.807, 2.05) is 0 Å². The van der Waals surface area contributed by atoms with Gasteiger partial charge in [-0.05, 0) is 13.8 Å². The first-order valence-corrected chi connectivity index (χ1v) is 2.54. The number of aliphatic hydroxyl groups is 1. The van der Waals surface area contributed by atoms with Crippen molar-refractivity contribution in [2.75, 3.05) is 7.05 Å². The normalized spacial score (nSPS) is 14.0. The van der Waals surface area contributed by atoms with Crippen molar-refractivity contribution in [3.63, 3.8) is 0 Å². The maximum absolute atomic E-state index is 8.80. The van der Waals surface area contributed by atoms with Crippen LogP contribution in [0.2, 0.25) is 0 Å². The van der Waals surface area contributed by atoms with E-state index in [1.165, 1.54) is 7.05 Å². The molecular weight excluding hydrogens is 106 g/mol. The van der Waals surface area contributed by atoms with E-state index in [2.05, 4.69) is 0 Å². The molecule has 0 amide bonds. The molecule has 0 heterocycles. The van der Waals surface area contributed by atoms with Crippen molar-refractivity contribution in [1.29, 1.82) is 0 Å². The molecule has 3 heteroatoms. The van der Waals surface area contributed by atoms with E-state index < -0.39 is 0 Å². The standard InChI is InChI=1S/C5H11NO2/c1-4(2)5(7)6(3)8/h4,8H,1-3H3/p+1. The Labute approximate surface area is 48.8 Å². The Bertz CT molecular complexity index is 103. The van der Waals surface area contributed by atoms with E-state index in [0.29, 0.717) is 4.74 Å². The van der Waals surface area contributed by atoms with Gasteiger partial charge < -0.3 is 5.11 Å². The van der Waals surface area contributed by atoms with Crippen LogP contribution in [0, 0.1) is 5.92 Å². The lowest BCUT2D eigenvalue weighted by Gasteiger charge is -1.93. The molecule has 0 aromatic rings. The van der Waals surface area contributed by atoms with E-state index >= 15 is 0 Å². The first-order chi connectivity index (χ1) is 3.55. The second-order valence-electron chi connectivity index (χ2n) is 2.04. The second kappa shape index (κ2) is 2.55. The average Bonchev–Trinajstić information content (AvgIpc) is 1.64. The summed E-state index contributed by atoms with van der Waals surface area (Å²) in [5.74, 6) is -0.0185. The fourth-order valence-corrected chi connectivity index (χ4v) is 0.374. The van der Waals surface area contributed by atoms with Gasteiger partial charge in [0.15, 0.2) is 7.05 Å². The third kappa shape index (κ3) is 1.82. The van der Waals surface area contributed by atoms with Crippen molar-refractivity contribution in [2.45, 2.75) is 13.8 Å². The van der Waals surface area contributed by atoms with Crippen LogP contribution in [-0.4, -0.2) is 28.0 Å². The molecule has 0 aromatic carbocycles. The van der Waals surface area contributed by atoms with Crippen molar-refractivity contribution in [3.05, 3.63) is 0 Å². The van der Waals surface area contributed by atoms with Crippen molar-refractivity contribution >= 4 is 5.90 Å². The molecule has 8 heavy (non-hydrogen) atoms. The van der Waals surface area contributed by atoms with E-state index in [0.717, 1.165) is 0 Å². The van der Waals surface area contributed by atoms with Crippen LogP contribution in [0.5, 0.6) is 0 Å². The van der Waals surface area contributed by atoms with Crippen LogP contribution in [0.4, 0.5) is 0 Å². The maximum Gasteiger partial charge on any atom is 0.384 e. The van der Waals surface area contributed by atoms with E-state index in [1.54, 1.807) is 13.8 Å². The fourth-order valence-electron chi connectivity index (χ4n) is 0.374. The van der Waals surface area contributed by atoms with Gasteiger partial charge in [-0.1, -0.05) is 0 Å². The highest BCUT2D eigenvalue weighted by Gasteiger charge is 2.11. The van der Waals surface area contributed by atoms with Crippen molar-refractivity contribution in [1.82, 2.24) is 0 Å². The Morgan fingerprint density at radius 2 is 1.88 bits per heavy atom. The summed E-state index contributed by atoms with van der Waals surface area (Å²) in [7, 11) is 1.38. The molecule has 0 aliphatic rings. The monoisotopic (exact) mass is 118 g/mol. The van der Waals surface area contributed by atoms with Gasteiger partial charge in [-0.15, -0.1) is 0 Å². The summed E-state index contributed by atoms with van der Waals surface area (Å²) in [6.45, 7) is 3.59. The van der Waals surface area contributed by atoms with Gasteiger partial charge >= 0.3 is 5.90 Å². The van der Waals surface area contributed by atoms with Gasteiger partial charge in [0.05, 0.1) is 5.92 Å². The average molecular weight is 118 g/mol. The van der Waals surface area contributed by atoms with E-state index in [9.17, 15) is 0 Å². The van der Waals surface area contributed by atoms with Crippen molar-refractivity contribution in [2.24, 2.45) is 5.92 Å². The SMILES string of the molecule is CC(C)/C(O)=[N+](/C)O. The summed E-state index contributed by atoms with van der Waals surface area (Å²) >= 11 is 0. The van der Waals surface area contributed by atoms with Crippen molar-refractivity contribution < 1.29 is 15.1 Å². The molecule has 48 valence electrons. The zero-order valence-electron chi connectivity index (χ0n) is 5.42. The van der Waals surface area contributed by atoms with Gasteiger partial charge in [-0.25, -0.2) is 0 Å². The predicted octanol–water partition coefficient (Wildman–Crippen LogP) is 0.630. The van der Waals surface area contributed by atoms with Gasteiger partial charge in [0.25, 0.3) is 0 Å². The number of hydroxylamine groups is 1. The smallest absolute Gasteiger partial charge is 0.384 e. The molecule has 0 aliphatic carbocycles. The predicted molar refractivity (Wildman–Crippen MR) is 30.4 cm³/mol. The third-order valence-corrected chi connectivity index (χ3v) is 0.848. The van der Waals surface area contributed by atoms with Crippen LogP contribution < -0.4 is 0 Å². The number of hydrogen-bond donors (Lipinski definition) is 2. The molecule has 3 nitrogen and oxygen atoms in total. The molecule has 0 aromatic heterocycles. The summed E-state index contributed by atoms with van der Waals surface area (Å²) in [6.07, 6.45) is 0. The number of hydrogen-bond acceptors (Lipinski definition) is 1. The molecule has 0 fully saturated rings. The highest BCUT2D eigenvalue weighted by molar-refractivity contribution is 5.70. The minimum Gasteiger partial charge on any atom is -0.460 e. The van der Waals surface area contributed by atoms with Gasteiger partial charge in [-0.2, -0.15) is 0 Å². The first kappa shape index (κ1) is 7.27. The Kier molecular flexibility index (Phi) is 2.31. The highest BCUT2D eigenvalue weighted by atomic mass is 16.5. The molecular formula is C5H12NO2+. The summed E-state index contributed by atoms with van der Waals surface area (Å²) in [4.78, 5) is 0. The molecule has 0 bridgehead atoms. The molecule has 0 rings (SSSR count). The zero-order valence-corrected chi connectivity index (χ0v) is 5.42. The van der Waals surface area contributed by atoms with E-state index in [-0.39, 0.29) is 11.8 Å². The van der Waals surface area contributed by atoms with Gasteiger partial charge in [0.1, 0.15) is 0 Å². The quantitative estimate of drug-likeness (QED) is 0.174. The zero-order chi connectivity index (χ0) is 6.73. The lowest BCUT2D eigenvalue weighted by Crippen LogP contribution is -2.18.